The van der Waals surface area contributed by atoms with Gasteiger partial charge >= 0.3 is 5.97 Å². The van der Waals surface area contributed by atoms with Gasteiger partial charge in [0.05, 0.1) is 22.7 Å². The molecule has 118 valence electrons. The lowest BCUT2D eigenvalue weighted by Gasteiger charge is -2.19. The third-order valence-electron chi connectivity index (χ3n) is 2.47. The second-order valence-electron chi connectivity index (χ2n) is 5.68. The topological polar surface area (TPSA) is 95.7 Å². The number of esters is 1. The maximum Gasteiger partial charge on any atom is 0.338 e. The zero-order chi connectivity index (χ0) is 16.3. The molecule has 0 fully saturated rings. The number of carbonyl (C=O) groups excluding carboxylic acids is 1. The van der Waals surface area contributed by atoms with Crippen molar-refractivity contribution in [3.8, 4) is 0 Å². The summed E-state index contributed by atoms with van der Waals surface area (Å²) in [5.74, 6) is -0.610. The number of ether oxygens (including phenoxy) is 2. The van der Waals surface area contributed by atoms with E-state index < -0.39 is 16.0 Å². The minimum Gasteiger partial charge on any atom is -0.460 e. The van der Waals surface area contributed by atoms with E-state index in [4.69, 9.17) is 14.6 Å². The smallest absolute Gasteiger partial charge is 0.338 e. The van der Waals surface area contributed by atoms with Gasteiger partial charge in [-0.15, -0.1) is 0 Å². The second kappa shape index (κ2) is 6.55. The molecule has 1 rings (SSSR count). The number of carbonyl (C=O) groups is 1. The Labute approximate surface area is 125 Å². The molecule has 0 atom stereocenters. The predicted octanol–water partition coefficient (Wildman–Crippen LogP) is 1.61. The number of hydrogen-bond donors (Lipinski definition) is 1. The number of nitrogens with two attached hydrogens (primary N) is 1. The molecule has 0 unspecified atom stereocenters. The minimum atomic E-state index is -3.86. The van der Waals surface area contributed by atoms with E-state index in [1.54, 1.807) is 13.0 Å². The number of primary sulfonamides is 1. The van der Waals surface area contributed by atoms with Crippen molar-refractivity contribution in [2.75, 3.05) is 13.2 Å². The van der Waals surface area contributed by atoms with Gasteiger partial charge < -0.3 is 9.47 Å². The van der Waals surface area contributed by atoms with Crippen molar-refractivity contribution in [2.45, 2.75) is 38.2 Å². The first-order chi connectivity index (χ1) is 9.49. The van der Waals surface area contributed by atoms with E-state index in [1.165, 1.54) is 12.1 Å². The third-order valence-corrected chi connectivity index (χ3v) is 3.36. The maximum atomic E-state index is 11.9. The Balaban J connectivity index is 2.73. The molecule has 0 aliphatic carbocycles. The van der Waals surface area contributed by atoms with Crippen LogP contribution in [0.15, 0.2) is 23.1 Å². The summed E-state index contributed by atoms with van der Waals surface area (Å²) in [6.45, 7) is 7.72. The maximum absolute atomic E-state index is 11.9. The van der Waals surface area contributed by atoms with Gasteiger partial charge in [-0.2, -0.15) is 0 Å². The molecule has 0 aliphatic rings. The molecule has 0 bridgehead atoms. The summed E-state index contributed by atoms with van der Waals surface area (Å²) in [6.07, 6.45) is 0. The number of hydrogen-bond acceptors (Lipinski definition) is 5. The van der Waals surface area contributed by atoms with E-state index in [9.17, 15) is 13.2 Å². The van der Waals surface area contributed by atoms with Crippen LogP contribution in [0.3, 0.4) is 0 Å². The van der Waals surface area contributed by atoms with Crippen LogP contribution < -0.4 is 5.14 Å². The molecular weight excluding hydrogens is 294 g/mol. The number of rotatable bonds is 5. The molecule has 1 aromatic carbocycles. The van der Waals surface area contributed by atoms with E-state index in [0.29, 0.717) is 5.56 Å². The summed E-state index contributed by atoms with van der Waals surface area (Å²) in [4.78, 5) is 11.8. The average molecular weight is 315 g/mol. The van der Waals surface area contributed by atoms with Crippen LogP contribution in [-0.4, -0.2) is 33.2 Å². The van der Waals surface area contributed by atoms with Gasteiger partial charge in [-0.1, -0.05) is 0 Å². The van der Waals surface area contributed by atoms with Crippen molar-refractivity contribution in [1.82, 2.24) is 0 Å². The highest BCUT2D eigenvalue weighted by molar-refractivity contribution is 7.89. The normalized spacial score (nSPS) is 12.2. The highest BCUT2D eigenvalue weighted by Gasteiger charge is 2.15. The lowest BCUT2D eigenvalue weighted by molar-refractivity contribution is -0.0281. The molecule has 1 aromatic rings. The van der Waals surface area contributed by atoms with E-state index in [1.807, 2.05) is 20.8 Å². The fourth-order valence-electron chi connectivity index (χ4n) is 1.60. The first-order valence-corrected chi connectivity index (χ1v) is 7.99. The van der Waals surface area contributed by atoms with E-state index in [-0.39, 0.29) is 29.3 Å². The van der Waals surface area contributed by atoms with E-state index >= 15 is 0 Å². The van der Waals surface area contributed by atoms with Gasteiger partial charge in [-0.3, -0.25) is 0 Å². The van der Waals surface area contributed by atoms with Gasteiger partial charge in [0.2, 0.25) is 10.0 Å². The molecule has 7 heteroatoms. The second-order valence-corrected chi connectivity index (χ2v) is 7.24. The zero-order valence-electron chi connectivity index (χ0n) is 12.7. The molecule has 0 saturated carbocycles. The lowest BCUT2D eigenvalue weighted by Crippen LogP contribution is -2.22. The van der Waals surface area contributed by atoms with Gasteiger partial charge in [0.25, 0.3) is 0 Å². The van der Waals surface area contributed by atoms with Crippen molar-refractivity contribution in [1.29, 1.82) is 0 Å². The van der Waals surface area contributed by atoms with Crippen LogP contribution in [0.5, 0.6) is 0 Å². The summed E-state index contributed by atoms with van der Waals surface area (Å²) in [6, 6.07) is 4.14. The highest BCUT2D eigenvalue weighted by atomic mass is 32.2. The Morgan fingerprint density at radius 2 is 1.81 bits per heavy atom. The Bertz CT molecular complexity index is 617. The Kier molecular flexibility index (Phi) is 5.49. The molecule has 2 N–H and O–H groups in total. The van der Waals surface area contributed by atoms with Crippen LogP contribution in [0.1, 0.15) is 36.7 Å². The SMILES string of the molecule is Cc1cc(C(=O)OCCOC(C)(C)C)cc(S(N)(=O)=O)c1. The number of aryl methyl sites for hydroxylation is 1. The first-order valence-electron chi connectivity index (χ1n) is 6.44. The van der Waals surface area contributed by atoms with Gasteiger partial charge in [-0.25, -0.2) is 18.4 Å². The van der Waals surface area contributed by atoms with Crippen molar-refractivity contribution in [3.63, 3.8) is 0 Å². The molecule has 0 amide bonds. The fourth-order valence-corrected chi connectivity index (χ4v) is 2.24. The fraction of sp³-hybridized carbons (Fsp3) is 0.500. The Morgan fingerprint density at radius 1 is 1.19 bits per heavy atom. The molecule has 0 saturated heterocycles. The molecule has 6 nitrogen and oxygen atoms in total. The third kappa shape index (κ3) is 6.24. The molecular formula is C14H21NO5S. The average Bonchev–Trinajstić information content (AvgIpc) is 2.31. The zero-order valence-corrected chi connectivity index (χ0v) is 13.5. The molecule has 0 spiro atoms. The largest absolute Gasteiger partial charge is 0.460 e. The monoisotopic (exact) mass is 315 g/mol. The Morgan fingerprint density at radius 3 is 2.33 bits per heavy atom. The van der Waals surface area contributed by atoms with Gasteiger partial charge in [0.1, 0.15) is 6.61 Å². The molecule has 0 radical (unpaired) electrons. The van der Waals surface area contributed by atoms with Gasteiger partial charge in [-0.05, 0) is 51.5 Å². The van der Waals surface area contributed by atoms with Crippen LogP contribution in [0.25, 0.3) is 0 Å². The molecule has 0 heterocycles. The highest BCUT2D eigenvalue weighted by Crippen LogP contribution is 2.14. The summed E-state index contributed by atoms with van der Waals surface area (Å²) in [5.41, 5.74) is 0.450. The predicted molar refractivity (Wildman–Crippen MR) is 78.5 cm³/mol. The van der Waals surface area contributed by atoms with E-state index in [0.717, 1.165) is 0 Å². The van der Waals surface area contributed by atoms with Crippen molar-refractivity contribution in [3.05, 3.63) is 29.3 Å². The van der Waals surface area contributed by atoms with Crippen LogP contribution in [-0.2, 0) is 19.5 Å². The standard InChI is InChI=1S/C14H21NO5S/c1-10-7-11(9-12(8-10)21(15,17)18)13(16)19-5-6-20-14(2,3)4/h7-9H,5-6H2,1-4H3,(H2,15,17,18). The van der Waals surface area contributed by atoms with E-state index in [2.05, 4.69) is 0 Å². The Hall–Kier alpha value is -1.44. The van der Waals surface area contributed by atoms with Gasteiger partial charge in [0, 0.05) is 0 Å². The van der Waals surface area contributed by atoms with Crippen molar-refractivity contribution < 1.29 is 22.7 Å². The quantitative estimate of drug-likeness (QED) is 0.658. The van der Waals surface area contributed by atoms with Crippen molar-refractivity contribution in [2.24, 2.45) is 5.14 Å². The van der Waals surface area contributed by atoms with Gasteiger partial charge in [0.15, 0.2) is 0 Å². The molecule has 21 heavy (non-hydrogen) atoms. The van der Waals surface area contributed by atoms with Crippen LogP contribution in [0, 0.1) is 6.92 Å². The summed E-state index contributed by atoms with van der Waals surface area (Å²) < 4.78 is 33.1. The summed E-state index contributed by atoms with van der Waals surface area (Å²) in [7, 11) is -3.86. The number of benzene rings is 1. The minimum absolute atomic E-state index is 0.0920. The number of sulfonamides is 1. The summed E-state index contributed by atoms with van der Waals surface area (Å²) in [5, 5.41) is 5.06. The van der Waals surface area contributed by atoms with Crippen LogP contribution in [0.4, 0.5) is 0 Å². The molecule has 0 aliphatic heterocycles. The lowest BCUT2D eigenvalue weighted by atomic mass is 10.1. The van der Waals surface area contributed by atoms with Crippen LogP contribution in [0.2, 0.25) is 0 Å². The van der Waals surface area contributed by atoms with Crippen molar-refractivity contribution >= 4 is 16.0 Å². The first kappa shape index (κ1) is 17.6. The molecule has 0 aromatic heterocycles. The van der Waals surface area contributed by atoms with Crippen LogP contribution >= 0.6 is 0 Å². The summed E-state index contributed by atoms with van der Waals surface area (Å²) >= 11 is 0.